The SMILES string of the molecule is CN(C)c1cc(NC(=O)NC(=O)CCl)c(O)c2c1CC1CC3CC(=O)C(C(N)=O)=C(O)C3(O)C(=O)C1=C2O. The molecule has 0 spiro atoms. The molecule has 1 saturated carbocycles. The Morgan fingerprint density at radius 2 is 1.84 bits per heavy atom. The number of phenols is 1. The van der Waals surface area contributed by atoms with E-state index in [1.807, 2.05) is 5.32 Å². The Kier molecular flexibility index (Phi) is 6.62. The lowest BCUT2D eigenvalue weighted by molar-refractivity contribution is -0.147. The van der Waals surface area contributed by atoms with E-state index in [9.17, 15) is 44.4 Å². The van der Waals surface area contributed by atoms with Crippen molar-refractivity contribution in [2.24, 2.45) is 17.6 Å². The summed E-state index contributed by atoms with van der Waals surface area (Å²) in [7, 11) is 3.34. The Balaban J connectivity index is 1.88. The minimum Gasteiger partial charge on any atom is -0.508 e. The van der Waals surface area contributed by atoms with Gasteiger partial charge in [0.25, 0.3) is 5.91 Å². The number of rotatable bonds is 4. The summed E-state index contributed by atoms with van der Waals surface area (Å²) in [6.45, 7) is 0. The fourth-order valence-corrected chi connectivity index (χ4v) is 5.54. The number of carbonyl (C=O) groups excluding carboxylic acids is 5. The van der Waals surface area contributed by atoms with E-state index in [0.29, 0.717) is 11.3 Å². The molecule has 0 aliphatic heterocycles. The van der Waals surface area contributed by atoms with Crippen LogP contribution in [0.2, 0.25) is 0 Å². The van der Waals surface area contributed by atoms with Crippen LogP contribution in [-0.4, -0.2) is 75.4 Å². The number of nitrogens with zero attached hydrogens (tertiary/aromatic N) is 1. The van der Waals surface area contributed by atoms with Crippen LogP contribution in [-0.2, 0) is 25.6 Å². The lowest BCUT2D eigenvalue weighted by Crippen LogP contribution is -2.58. The normalized spacial score (nSPS) is 24.3. The van der Waals surface area contributed by atoms with Crippen molar-refractivity contribution in [3.05, 3.63) is 34.1 Å². The van der Waals surface area contributed by atoms with Crippen LogP contribution < -0.4 is 21.3 Å². The fraction of sp³-hybridized carbons (Fsp3) is 0.375. The Labute approximate surface area is 220 Å². The third-order valence-electron chi connectivity index (χ3n) is 7.14. The summed E-state index contributed by atoms with van der Waals surface area (Å²) >= 11 is 5.39. The average Bonchev–Trinajstić information content (AvgIpc) is 2.82. The zero-order valence-electron chi connectivity index (χ0n) is 20.3. The van der Waals surface area contributed by atoms with Gasteiger partial charge in [0.1, 0.15) is 23.0 Å². The van der Waals surface area contributed by atoms with E-state index < -0.39 is 82.0 Å². The van der Waals surface area contributed by atoms with Crippen LogP contribution in [0.15, 0.2) is 23.0 Å². The molecule has 1 aromatic rings. The van der Waals surface area contributed by atoms with E-state index in [1.54, 1.807) is 19.0 Å². The average molecular weight is 549 g/mol. The van der Waals surface area contributed by atoms with Crippen LogP contribution in [0.25, 0.3) is 5.76 Å². The van der Waals surface area contributed by atoms with E-state index in [4.69, 9.17) is 17.3 Å². The second-order valence-electron chi connectivity index (χ2n) is 9.58. The molecule has 3 aliphatic carbocycles. The van der Waals surface area contributed by atoms with Gasteiger partial charge in [0, 0.05) is 37.7 Å². The van der Waals surface area contributed by atoms with Gasteiger partial charge in [0.05, 0.1) is 11.3 Å². The largest absolute Gasteiger partial charge is 0.508 e. The van der Waals surface area contributed by atoms with Crippen molar-refractivity contribution in [1.29, 1.82) is 0 Å². The molecule has 0 heterocycles. The van der Waals surface area contributed by atoms with Crippen molar-refractivity contribution in [2.75, 3.05) is 30.2 Å². The van der Waals surface area contributed by atoms with E-state index in [2.05, 4.69) is 5.32 Å². The molecule has 0 bridgehead atoms. The highest BCUT2D eigenvalue weighted by atomic mass is 35.5. The second kappa shape index (κ2) is 9.33. The lowest BCUT2D eigenvalue weighted by Gasteiger charge is -2.46. The Morgan fingerprint density at radius 1 is 1.18 bits per heavy atom. The molecule has 14 heteroatoms. The van der Waals surface area contributed by atoms with Gasteiger partial charge in [-0.1, -0.05) is 0 Å². The zero-order chi connectivity index (χ0) is 28.3. The maximum Gasteiger partial charge on any atom is 0.326 e. The van der Waals surface area contributed by atoms with Gasteiger partial charge in [0.15, 0.2) is 17.1 Å². The number of halogens is 1. The first-order valence-electron chi connectivity index (χ1n) is 11.4. The molecule has 3 unspecified atom stereocenters. The molecule has 8 N–H and O–H groups in total. The number of carbonyl (C=O) groups is 5. The fourth-order valence-electron chi connectivity index (χ4n) is 5.48. The van der Waals surface area contributed by atoms with E-state index >= 15 is 0 Å². The number of imide groups is 1. The molecule has 4 amide bonds. The molecule has 3 aliphatic rings. The summed E-state index contributed by atoms with van der Waals surface area (Å²) in [5, 5.41) is 48.5. The summed E-state index contributed by atoms with van der Waals surface area (Å²) in [6, 6.07) is 0.402. The standard InChI is InChI=1S/C24H25ClN4O9/c1-29(2)12-6-11(27-23(37)28-14(31)7-25)18(32)16-10(12)4-8-3-9-5-13(30)17(22(26)36)21(35)24(9,38)20(34)15(8)19(16)33/h6,8-9,32-33,35,38H,3-5,7H2,1-2H3,(H2,26,36)(H2,27,28,31,37). The predicted molar refractivity (Wildman–Crippen MR) is 134 cm³/mol. The first kappa shape index (κ1) is 26.9. The van der Waals surface area contributed by atoms with Crippen molar-refractivity contribution < 1.29 is 44.4 Å². The van der Waals surface area contributed by atoms with E-state index in [1.165, 1.54) is 6.07 Å². The van der Waals surface area contributed by atoms with Gasteiger partial charge in [-0.25, -0.2) is 4.79 Å². The van der Waals surface area contributed by atoms with Crippen LogP contribution in [0.4, 0.5) is 16.2 Å². The number of aliphatic hydroxyl groups excluding tert-OH is 2. The van der Waals surface area contributed by atoms with Gasteiger partial charge in [-0.05, 0) is 30.4 Å². The van der Waals surface area contributed by atoms with E-state index in [0.717, 1.165) is 0 Å². The number of aromatic hydroxyl groups is 1. The number of phenolic OH excluding ortho intramolecular Hbond substituents is 1. The van der Waals surface area contributed by atoms with Gasteiger partial charge < -0.3 is 36.4 Å². The number of nitrogens with two attached hydrogens (primary N) is 1. The number of aliphatic hydroxyl groups is 3. The molecular formula is C24H25ClN4O9. The van der Waals surface area contributed by atoms with Crippen molar-refractivity contribution in [3.63, 3.8) is 0 Å². The molecule has 0 saturated heterocycles. The van der Waals surface area contributed by atoms with Gasteiger partial charge in [-0.15, -0.1) is 11.6 Å². The topological polar surface area (TPSA) is 220 Å². The Morgan fingerprint density at radius 3 is 2.42 bits per heavy atom. The second-order valence-corrected chi connectivity index (χ2v) is 9.85. The predicted octanol–water partition coefficient (Wildman–Crippen LogP) is 0.377. The van der Waals surface area contributed by atoms with Crippen LogP contribution in [0.1, 0.15) is 24.0 Å². The molecule has 1 fully saturated rings. The summed E-state index contributed by atoms with van der Waals surface area (Å²) in [5.41, 5.74) is 1.76. The molecule has 0 aromatic heterocycles. The van der Waals surface area contributed by atoms with Crippen molar-refractivity contribution >= 4 is 58.1 Å². The van der Waals surface area contributed by atoms with Crippen LogP contribution >= 0.6 is 11.6 Å². The number of fused-ring (bicyclic) bond motifs is 3. The number of hydrogen-bond acceptors (Lipinski definition) is 10. The highest BCUT2D eigenvalue weighted by Crippen LogP contribution is 2.54. The highest BCUT2D eigenvalue weighted by Gasteiger charge is 2.60. The zero-order valence-corrected chi connectivity index (χ0v) is 21.0. The molecular weight excluding hydrogens is 524 g/mol. The highest BCUT2D eigenvalue weighted by molar-refractivity contribution is 6.28. The van der Waals surface area contributed by atoms with Crippen LogP contribution in [0, 0.1) is 11.8 Å². The quantitative estimate of drug-likeness (QED) is 0.156. The number of alkyl halides is 1. The Hall–Kier alpha value is -4.10. The van der Waals surface area contributed by atoms with Crippen molar-refractivity contribution in [1.82, 2.24) is 5.32 Å². The molecule has 202 valence electrons. The maximum absolute atomic E-state index is 13.6. The molecule has 1 aromatic carbocycles. The number of anilines is 2. The number of ketones is 2. The first-order chi connectivity index (χ1) is 17.7. The van der Waals surface area contributed by atoms with Crippen molar-refractivity contribution in [2.45, 2.75) is 24.9 Å². The number of primary amides is 1. The van der Waals surface area contributed by atoms with Gasteiger partial charge in [-0.3, -0.25) is 24.5 Å². The van der Waals surface area contributed by atoms with E-state index in [-0.39, 0.29) is 29.7 Å². The summed E-state index contributed by atoms with van der Waals surface area (Å²) < 4.78 is 0. The van der Waals surface area contributed by atoms with Crippen molar-refractivity contribution in [3.8, 4) is 5.75 Å². The number of nitrogens with one attached hydrogen (secondary N) is 2. The summed E-state index contributed by atoms with van der Waals surface area (Å²) in [5.74, 6) is -8.85. The Bertz CT molecular complexity index is 1380. The third kappa shape index (κ3) is 3.94. The molecule has 38 heavy (non-hydrogen) atoms. The van der Waals surface area contributed by atoms with Gasteiger partial charge in [0.2, 0.25) is 11.7 Å². The first-order valence-corrected chi connectivity index (χ1v) is 12.0. The summed E-state index contributed by atoms with van der Waals surface area (Å²) in [6.07, 6.45) is -0.348. The summed E-state index contributed by atoms with van der Waals surface area (Å²) in [4.78, 5) is 63.1. The van der Waals surface area contributed by atoms with Gasteiger partial charge in [-0.2, -0.15) is 0 Å². The minimum absolute atomic E-state index is 0.0144. The molecule has 4 rings (SSSR count). The molecule has 3 atom stereocenters. The monoisotopic (exact) mass is 548 g/mol. The number of amides is 4. The maximum atomic E-state index is 13.6. The van der Waals surface area contributed by atoms with Crippen LogP contribution in [0.3, 0.4) is 0 Å². The third-order valence-corrected chi connectivity index (χ3v) is 7.39. The lowest BCUT2D eigenvalue weighted by atomic mass is 9.59. The number of benzene rings is 1. The van der Waals surface area contributed by atoms with Crippen LogP contribution in [0.5, 0.6) is 5.75 Å². The smallest absolute Gasteiger partial charge is 0.326 e. The molecule has 13 nitrogen and oxygen atoms in total. The number of hydrogen-bond donors (Lipinski definition) is 7. The number of Topliss-reactive ketones (excluding diaryl/α,β-unsaturated/α-hetero) is 2. The molecule has 0 radical (unpaired) electrons. The van der Waals surface area contributed by atoms with Gasteiger partial charge >= 0.3 is 6.03 Å². The minimum atomic E-state index is -2.69. The number of urea groups is 1.